The fraction of sp³-hybridized carbons (Fsp3) is 0.833. The maximum Gasteiger partial charge on any atom is 0.362 e. The van der Waals surface area contributed by atoms with E-state index in [4.69, 9.17) is 0 Å². The molecule has 0 saturated carbocycles. The molecule has 0 amide bonds. The number of quaternary nitrogens is 1. The Kier molecular flexibility index (Phi) is 16.0. The van der Waals surface area contributed by atoms with E-state index in [0.717, 1.165) is 25.7 Å². The fourth-order valence-corrected chi connectivity index (χ4v) is 4.69. The Morgan fingerprint density at radius 2 is 1.17 bits per heavy atom. The number of hydrogen-bond acceptors (Lipinski definition) is 2. The van der Waals surface area contributed by atoms with Crippen LogP contribution in [0.3, 0.4) is 0 Å². The van der Waals surface area contributed by atoms with Crippen molar-refractivity contribution in [2.45, 2.75) is 102 Å². The monoisotopic (exact) mass is 446 g/mol. The van der Waals surface area contributed by atoms with Crippen molar-refractivity contribution in [3.05, 3.63) is 24.3 Å². The third-order valence-electron chi connectivity index (χ3n) is 5.28. The summed E-state index contributed by atoms with van der Waals surface area (Å²) in [5.74, 6) is 0. The Morgan fingerprint density at radius 3 is 1.63 bits per heavy atom. The Bertz CT molecular complexity index is 522. The largest absolute Gasteiger partial charge is 0.373 e. The zero-order chi connectivity index (χ0) is 22.9. The average molecular weight is 447 g/mol. The summed E-state index contributed by atoms with van der Waals surface area (Å²) in [6, 6.07) is 0. The molecule has 178 valence electrons. The van der Waals surface area contributed by atoms with E-state index in [1.807, 2.05) is 21.1 Å². The molecule has 6 heteroatoms. The molecule has 0 radical (unpaired) electrons. The number of nitrogens with zero attached hydrogens (tertiary/aromatic N) is 1. The number of likely N-dealkylation sites (N-methyl/N-ethyl adjacent to an activating group) is 1. The molecule has 0 rings (SSSR count). The Hall–Kier alpha value is -0.450. The summed E-state index contributed by atoms with van der Waals surface area (Å²) in [6.45, 7) is 2.29. The van der Waals surface area contributed by atoms with Gasteiger partial charge in [0.15, 0.2) is 0 Å². The average Bonchev–Trinajstić information content (AvgIpc) is 2.62. The van der Waals surface area contributed by atoms with Crippen molar-refractivity contribution in [2.75, 3.05) is 27.7 Å². The van der Waals surface area contributed by atoms with Crippen LogP contribution < -0.4 is 0 Å². The lowest BCUT2D eigenvalue weighted by atomic mass is 10.1. The summed E-state index contributed by atoms with van der Waals surface area (Å²) in [5, 5.41) is 8.57. The van der Waals surface area contributed by atoms with Crippen LogP contribution in [0.25, 0.3) is 0 Å². The normalized spacial score (nSPS) is 15.3. The second-order valence-electron chi connectivity index (χ2n) is 9.65. The molecule has 0 bridgehead atoms. The molecule has 0 fully saturated rings. The maximum absolute atomic E-state index is 11.7. The van der Waals surface area contributed by atoms with Gasteiger partial charge in [0, 0.05) is 0 Å². The minimum absolute atomic E-state index is 0.0400. The molecule has 3 N–H and O–H groups in total. The van der Waals surface area contributed by atoms with Gasteiger partial charge in [-0.05, 0) is 51.4 Å². The van der Waals surface area contributed by atoms with E-state index >= 15 is 0 Å². The minimum Gasteiger partial charge on any atom is -0.373 e. The number of aliphatic hydroxyl groups is 1. The van der Waals surface area contributed by atoms with Crippen LogP contribution in [0.15, 0.2) is 24.3 Å². The van der Waals surface area contributed by atoms with Gasteiger partial charge in [-0.2, -0.15) is 0 Å². The van der Waals surface area contributed by atoms with Crippen LogP contribution in [-0.4, -0.2) is 52.4 Å². The quantitative estimate of drug-likeness (QED) is 0.0962. The molecule has 1 unspecified atom stereocenters. The number of hydrogen-bond donors (Lipinski definition) is 3. The lowest BCUT2D eigenvalue weighted by Gasteiger charge is -2.35. The molecule has 0 aliphatic carbocycles. The summed E-state index contributed by atoms with van der Waals surface area (Å²) in [7, 11) is 0.916. The summed E-state index contributed by atoms with van der Waals surface area (Å²) in [4.78, 5) is 19.1. The highest BCUT2D eigenvalue weighted by atomic mass is 31.2. The van der Waals surface area contributed by atoms with Crippen LogP contribution in [0.1, 0.15) is 96.8 Å². The highest BCUT2D eigenvalue weighted by Gasteiger charge is 2.48. The van der Waals surface area contributed by atoms with Gasteiger partial charge in [0.1, 0.15) is 6.54 Å². The topological polar surface area (TPSA) is 77.8 Å². The van der Waals surface area contributed by atoms with E-state index in [1.54, 1.807) is 0 Å². The van der Waals surface area contributed by atoms with E-state index in [0.29, 0.717) is 10.9 Å². The number of unbranched alkanes of at least 4 members (excludes halogenated alkanes) is 10. The first kappa shape index (κ1) is 29.5. The van der Waals surface area contributed by atoms with Gasteiger partial charge in [-0.1, -0.05) is 69.8 Å². The van der Waals surface area contributed by atoms with Crippen LogP contribution >= 0.6 is 7.60 Å². The van der Waals surface area contributed by atoms with Crippen LogP contribution in [-0.2, 0) is 4.57 Å². The van der Waals surface area contributed by atoms with Crippen molar-refractivity contribution < 1.29 is 23.9 Å². The SMILES string of the molecule is CCCCCCCCC/C=C\CC/C=C\CCCCC(O)(C[N+](C)(C)C)P(=O)(O)O. The highest BCUT2D eigenvalue weighted by Crippen LogP contribution is 2.52. The summed E-state index contributed by atoms with van der Waals surface area (Å²) >= 11 is 0. The molecule has 0 aromatic carbocycles. The first-order chi connectivity index (χ1) is 14.0. The Morgan fingerprint density at radius 1 is 0.733 bits per heavy atom. The third-order valence-corrected chi connectivity index (χ3v) is 6.72. The van der Waals surface area contributed by atoms with Crippen LogP contribution in [0.4, 0.5) is 0 Å². The first-order valence-electron chi connectivity index (χ1n) is 11.9. The standard InChI is InChI=1S/C24H48NO4P/c1-5-6-7-8-9-10-11-12-13-14-15-16-17-18-19-20-21-22-24(26,30(27,28)29)23-25(2,3)4/h13-14,17-18,26H,5-12,15-16,19-23H2,1-4H3,(H-,27,28,29)/p+1/b14-13-,18-17-. The van der Waals surface area contributed by atoms with Crippen molar-refractivity contribution >= 4 is 7.60 Å². The molecular formula is C24H49NO4P+. The van der Waals surface area contributed by atoms with Crippen molar-refractivity contribution in [1.29, 1.82) is 0 Å². The second-order valence-corrected chi connectivity index (χ2v) is 11.6. The molecular weight excluding hydrogens is 397 g/mol. The predicted octanol–water partition coefficient (Wildman–Crippen LogP) is 6.15. The highest BCUT2D eigenvalue weighted by molar-refractivity contribution is 7.53. The van der Waals surface area contributed by atoms with Gasteiger partial charge in [-0.3, -0.25) is 4.57 Å². The van der Waals surface area contributed by atoms with Gasteiger partial charge >= 0.3 is 7.60 Å². The van der Waals surface area contributed by atoms with Crippen molar-refractivity contribution in [2.24, 2.45) is 0 Å². The summed E-state index contributed by atoms with van der Waals surface area (Å²) in [6.07, 6.45) is 24.1. The van der Waals surface area contributed by atoms with Crippen LogP contribution in [0, 0.1) is 0 Å². The van der Waals surface area contributed by atoms with E-state index in [1.165, 1.54) is 51.4 Å². The second kappa shape index (κ2) is 16.2. The van der Waals surface area contributed by atoms with Crippen molar-refractivity contribution in [1.82, 2.24) is 0 Å². The van der Waals surface area contributed by atoms with Crippen molar-refractivity contribution in [3.8, 4) is 0 Å². The van der Waals surface area contributed by atoms with Crippen LogP contribution in [0.5, 0.6) is 0 Å². The number of allylic oxidation sites excluding steroid dienone is 4. The molecule has 0 aromatic heterocycles. The molecule has 5 nitrogen and oxygen atoms in total. The molecule has 0 aromatic rings. The first-order valence-corrected chi connectivity index (χ1v) is 13.5. The van der Waals surface area contributed by atoms with E-state index in [9.17, 15) is 19.5 Å². The third kappa shape index (κ3) is 16.3. The van der Waals surface area contributed by atoms with Gasteiger partial charge in [0.25, 0.3) is 0 Å². The molecule has 30 heavy (non-hydrogen) atoms. The van der Waals surface area contributed by atoms with E-state index < -0.39 is 12.9 Å². The molecule has 0 saturated heterocycles. The molecule has 0 heterocycles. The van der Waals surface area contributed by atoms with E-state index in [2.05, 4.69) is 31.2 Å². The van der Waals surface area contributed by atoms with Gasteiger partial charge in [0.2, 0.25) is 5.34 Å². The predicted molar refractivity (Wildman–Crippen MR) is 128 cm³/mol. The van der Waals surface area contributed by atoms with Gasteiger partial charge in [0.05, 0.1) is 21.1 Å². The summed E-state index contributed by atoms with van der Waals surface area (Å²) < 4.78 is 12.1. The molecule has 0 aliphatic rings. The van der Waals surface area contributed by atoms with Crippen molar-refractivity contribution in [3.63, 3.8) is 0 Å². The molecule has 0 aliphatic heterocycles. The van der Waals surface area contributed by atoms with Gasteiger partial charge < -0.3 is 19.4 Å². The maximum atomic E-state index is 11.7. The molecule has 1 atom stereocenters. The van der Waals surface area contributed by atoms with E-state index in [-0.39, 0.29) is 13.0 Å². The van der Waals surface area contributed by atoms with Crippen LogP contribution in [0.2, 0.25) is 0 Å². The minimum atomic E-state index is -4.56. The zero-order valence-electron chi connectivity index (χ0n) is 20.1. The lowest BCUT2D eigenvalue weighted by molar-refractivity contribution is -0.875. The zero-order valence-corrected chi connectivity index (χ0v) is 21.0. The van der Waals surface area contributed by atoms with Gasteiger partial charge in [-0.15, -0.1) is 0 Å². The lowest BCUT2D eigenvalue weighted by Crippen LogP contribution is -2.49. The Labute approximate surface area is 186 Å². The molecule has 0 spiro atoms. The summed E-state index contributed by atoms with van der Waals surface area (Å²) in [5.41, 5.74) is 0. The number of rotatable bonds is 19. The fourth-order valence-electron chi connectivity index (χ4n) is 3.63. The Balaban J connectivity index is 3.80. The van der Waals surface area contributed by atoms with Gasteiger partial charge in [-0.25, -0.2) is 0 Å². The smallest absolute Gasteiger partial charge is 0.362 e.